The number of carbonyl (C=O) groups excluding carboxylic acids is 2. The first kappa shape index (κ1) is 17.0. The molecule has 2 N–H and O–H groups in total. The summed E-state index contributed by atoms with van der Waals surface area (Å²) >= 11 is 0. The van der Waals surface area contributed by atoms with Crippen molar-refractivity contribution in [2.24, 2.45) is 0 Å². The summed E-state index contributed by atoms with van der Waals surface area (Å²) < 4.78 is 1.78. The van der Waals surface area contributed by atoms with Crippen LogP contribution in [0.3, 0.4) is 0 Å². The fourth-order valence-corrected chi connectivity index (χ4v) is 2.86. The minimum Gasteiger partial charge on any atom is -0.343 e. The number of amides is 3. The van der Waals surface area contributed by atoms with Crippen molar-refractivity contribution in [2.75, 3.05) is 25.0 Å². The van der Waals surface area contributed by atoms with Crippen LogP contribution in [0.25, 0.3) is 0 Å². The Hall–Kier alpha value is -2.83. The van der Waals surface area contributed by atoms with Gasteiger partial charge in [0.1, 0.15) is 0 Å². The molecule has 2 aromatic rings. The van der Waals surface area contributed by atoms with E-state index in [1.54, 1.807) is 10.7 Å². The van der Waals surface area contributed by atoms with Crippen molar-refractivity contribution in [1.82, 2.24) is 20.0 Å². The van der Waals surface area contributed by atoms with E-state index in [0.717, 1.165) is 24.9 Å². The Balaban J connectivity index is 1.37. The second-order valence-electron chi connectivity index (χ2n) is 6.10. The maximum Gasteiger partial charge on any atom is 0.320 e. The van der Waals surface area contributed by atoms with Crippen molar-refractivity contribution in [2.45, 2.75) is 25.8 Å². The van der Waals surface area contributed by atoms with Crippen molar-refractivity contribution < 1.29 is 9.59 Å². The molecule has 7 nitrogen and oxygen atoms in total. The first-order valence-electron chi connectivity index (χ1n) is 8.61. The zero-order valence-electron chi connectivity index (χ0n) is 14.1. The van der Waals surface area contributed by atoms with Crippen LogP contribution in [0, 0.1) is 0 Å². The summed E-state index contributed by atoms with van der Waals surface area (Å²) in [6.45, 7) is 2.73. The number of hydrogen-bond donors (Lipinski definition) is 2. The number of anilines is 1. The molecule has 1 saturated heterocycles. The summed E-state index contributed by atoms with van der Waals surface area (Å²) in [6, 6.07) is 11.5. The average Bonchev–Trinajstić information content (AvgIpc) is 3.22. The highest BCUT2D eigenvalue weighted by molar-refractivity contribution is 5.88. The second-order valence-corrected chi connectivity index (χ2v) is 6.10. The van der Waals surface area contributed by atoms with E-state index < -0.39 is 0 Å². The molecule has 132 valence electrons. The third-order valence-corrected chi connectivity index (χ3v) is 4.13. The first-order chi connectivity index (χ1) is 12.2. The summed E-state index contributed by atoms with van der Waals surface area (Å²) in [5, 5.41) is 9.85. The minimum atomic E-state index is -0.280. The van der Waals surface area contributed by atoms with Gasteiger partial charge in [-0.2, -0.15) is 5.10 Å². The van der Waals surface area contributed by atoms with Crippen LogP contribution < -0.4 is 10.6 Å². The van der Waals surface area contributed by atoms with Gasteiger partial charge in [-0.05, 0) is 18.4 Å². The van der Waals surface area contributed by atoms with E-state index in [-0.39, 0.29) is 11.9 Å². The Kier molecular flexibility index (Phi) is 5.66. The third kappa shape index (κ3) is 5.07. The van der Waals surface area contributed by atoms with Gasteiger partial charge < -0.3 is 10.2 Å². The number of likely N-dealkylation sites (tertiary alicyclic amines) is 1. The zero-order chi connectivity index (χ0) is 17.5. The van der Waals surface area contributed by atoms with Crippen LogP contribution in [0.2, 0.25) is 0 Å². The lowest BCUT2D eigenvalue weighted by molar-refractivity contribution is -0.127. The number of nitrogens with zero attached hydrogens (tertiary/aromatic N) is 3. The molecule has 0 unspecified atom stereocenters. The summed E-state index contributed by atoms with van der Waals surface area (Å²) in [6.07, 6.45) is 4.18. The van der Waals surface area contributed by atoms with Crippen LogP contribution in [0.4, 0.5) is 10.6 Å². The molecule has 0 atom stereocenters. The monoisotopic (exact) mass is 341 g/mol. The molecule has 0 saturated carbocycles. The number of rotatable bonds is 7. The Morgan fingerprint density at radius 3 is 2.80 bits per heavy atom. The molecule has 0 radical (unpaired) electrons. The molecule has 25 heavy (non-hydrogen) atoms. The summed E-state index contributed by atoms with van der Waals surface area (Å²) in [5.41, 5.74) is 1.15. The molecule has 0 aliphatic carbocycles. The lowest BCUT2D eigenvalue weighted by Gasteiger charge is -2.15. The molecule has 1 aromatic carbocycles. The average molecular weight is 341 g/mol. The Morgan fingerprint density at radius 2 is 2.04 bits per heavy atom. The van der Waals surface area contributed by atoms with E-state index in [0.29, 0.717) is 31.9 Å². The van der Waals surface area contributed by atoms with Crippen molar-refractivity contribution in [3.63, 3.8) is 0 Å². The number of benzene rings is 1. The molecule has 0 bridgehead atoms. The van der Waals surface area contributed by atoms with Crippen LogP contribution in [-0.4, -0.2) is 46.3 Å². The van der Waals surface area contributed by atoms with Gasteiger partial charge in [0.25, 0.3) is 0 Å². The molecule has 1 aliphatic rings. The van der Waals surface area contributed by atoms with Gasteiger partial charge in [0, 0.05) is 38.3 Å². The van der Waals surface area contributed by atoms with Gasteiger partial charge in [-0.1, -0.05) is 30.3 Å². The van der Waals surface area contributed by atoms with Crippen LogP contribution in [0.15, 0.2) is 42.6 Å². The van der Waals surface area contributed by atoms with Gasteiger partial charge in [0.05, 0.1) is 6.54 Å². The molecule has 1 aromatic heterocycles. The first-order valence-corrected chi connectivity index (χ1v) is 8.61. The normalized spacial score (nSPS) is 13.9. The maximum atomic E-state index is 11.9. The van der Waals surface area contributed by atoms with Crippen molar-refractivity contribution in [3.8, 4) is 0 Å². The third-order valence-electron chi connectivity index (χ3n) is 4.13. The zero-order valence-corrected chi connectivity index (χ0v) is 14.1. The lowest BCUT2D eigenvalue weighted by atomic mass is 10.2. The highest BCUT2D eigenvalue weighted by atomic mass is 16.2. The highest BCUT2D eigenvalue weighted by Gasteiger charge is 2.19. The second kappa shape index (κ2) is 8.32. The standard InChI is InChI=1S/C18H23N5O2/c24-17-8-4-11-22(17)12-5-10-19-18(25)20-16-9-13-23(21-16)14-15-6-2-1-3-7-15/h1-3,6-7,9,13H,4-5,8,10-12,14H2,(H2,19,20,21,25). The minimum absolute atomic E-state index is 0.216. The number of urea groups is 1. The van der Waals surface area contributed by atoms with Gasteiger partial charge in [0.15, 0.2) is 5.82 Å². The van der Waals surface area contributed by atoms with E-state index >= 15 is 0 Å². The number of hydrogen-bond acceptors (Lipinski definition) is 3. The van der Waals surface area contributed by atoms with Gasteiger partial charge in [0.2, 0.25) is 5.91 Å². The smallest absolute Gasteiger partial charge is 0.320 e. The molecule has 1 fully saturated rings. The highest BCUT2D eigenvalue weighted by Crippen LogP contribution is 2.09. The van der Waals surface area contributed by atoms with E-state index in [1.807, 2.05) is 41.4 Å². The predicted octanol–water partition coefficient (Wildman–Crippen LogP) is 2.07. The summed E-state index contributed by atoms with van der Waals surface area (Å²) in [7, 11) is 0. The van der Waals surface area contributed by atoms with Crippen molar-refractivity contribution >= 4 is 17.8 Å². The number of aromatic nitrogens is 2. The van der Waals surface area contributed by atoms with Gasteiger partial charge in [-0.15, -0.1) is 0 Å². The molecule has 3 amide bonds. The Morgan fingerprint density at radius 1 is 1.20 bits per heavy atom. The SMILES string of the molecule is O=C(NCCCN1CCCC1=O)Nc1ccn(Cc2ccccc2)n1. The molecule has 3 rings (SSSR count). The van der Waals surface area contributed by atoms with Gasteiger partial charge in [-0.3, -0.25) is 14.8 Å². The molecule has 2 heterocycles. The van der Waals surface area contributed by atoms with Crippen LogP contribution in [0.1, 0.15) is 24.8 Å². The number of nitrogens with one attached hydrogen (secondary N) is 2. The molecular formula is C18H23N5O2. The quantitative estimate of drug-likeness (QED) is 0.757. The molecule has 0 spiro atoms. The van der Waals surface area contributed by atoms with E-state index in [1.165, 1.54) is 0 Å². The largest absolute Gasteiger partial charge is 0.343 e. The van der Waals surface area contributed by atoms with Crippen LogP contribution >= 0.6 is 0 Å². The molecule has 1 aliphatic heterocycles. The van der Waals surface area contributed by atoms with E-state index in [2.05, 4.69) is 15.7 Å². The molecular weight excluding hydrogens is 318 g/mol. The fourth-order valence-electron chi connectivity index (χ4n) is 2.86. The lowest BCUT2D eigenvalue weighted by Crippen LogP contribution is -2.33. The topological polar surface area (TPSA) is 79.3 Å². The van der Waals surface area contributed by atoms with Crippen LogP contribution in [0.5, 0.6) is 0 Å². The predicted molar refractivity (Wildman–Crippen MR) is 95.2 cm³/mol. The van der Waals surface area contributed by atoms with Gasteiger partial charge >= 0.3 is 6.03 Å². The maximum absolute atomic E-state index is 11.9. The fraction of sp³-hybridized carbons (Fsp3) is 0.389. The van der Waals surface area contributed by atoms with Gasteiger partial charge in [-0.25, -0.2) is 4.79 Å². The number of carbonyl (C=O) groups is 2. The Bertz CT molecular complexity index is 713. The summed E-state index contributed by atoms with van der Waals surface area (Å²) in [5.74, 6) is 0.733. The molecule has 7 heteroatoms. The Labute approximate surface area is 147 Å². The van der Waals surface area contributed by atoms with E-state index in [9.17, 15) is 9.59 Å². The van der Waals surface area contributed by atoms with Crippen molar-refractivity contribution in [1.29, 1.82) is 0 Å². The summed E-state index contributed by atoms with van der Waals surface area (Å²) in [4.78, 5) is 25.2. The van der Waals surface area contributed by atoms with Crippen molar-refractivity contribution in [3.05, 3.63) is 48.2 Å². The van der Waals surface area contributed by atoms with E-state index in [4.69, 9.17) is 0 Å². The van der Waals surface area contributed by atoms with Crippen LogP contribution in [-0.2, 0) is 11.3 Å².